The van der Waals surface area contributed by atoms with E-state index >= 15 is 0 Å². The van der Waals surface area contributed by atoms with Crippen molar-refractivity contribution in [2.24, 2.45) is 17.3 Å². The Kier molecular flexibility index (Phi) is 3.97. The highest BCUT2D eigenvalue weighted by Crippen LogP contribution is 2.66. The Labute approximate surface area is 151 Å². The quantitative estimate of drug-likeness (QED) is 0.844. The van der Waals surface area contributed by atoms with E-state index in [0.29, 0.717) is 23.7 Å². The Bertz CT molecular complexity index is 669. The SMILES string of the molecule is COc1ccc2c(c1)[C@@H](C)C[C@@H]1[C@@H]2CC[C@@]2(C)[C@H]1CC[C@]2(O)C(C)O. The summed E-state index contributed by atoms with van der Waals surface area (Å²) in [6, 6.07) is 6.60. The number of hydrogen-bond donors (Lipinski definition) is 2. The third-order valence-electron chi connectivity index (χ3n) is 8.19. The topological polar surface area (TPSA) is 49.7 Å². The van der Waals surface area contributed by atoms with Gasteiger partial charge in [-0.15, -0.1) is 0 Å². The number of benzene rings is 1. The van der Waals surface area contributed by atoms with Crippen LogP contribution in [0.25, 0.3) is 0 Å². The maximum Gasteiger partial charge on any atom is 0.119 e. The smallest absolute Gasteiger partial charge is 0.119 e. The Morgan fingerprint density at radius 1 is 1.20 bits per heavy atom. The van der Waals surface area contributed by atoms with Crippen LogP contribution >= 0.6 is 0 Å². The number of rotatable bonds is 2. The molecule has 0 amide bonds. The fourth-order valence-electron chi connectivity index (χ4n) is 6.72. The Hall–Kier alpha value is -1.06. The van der Waals surface area contributed by atoms with Gasteiger partial charge in [-0.05, 0) is 86.0 Å². The van der Waals surface area contributed by atoms with Crippen LogP contribution in [0.5, 0.6) is 5.75 Å². The van der Waals surface area contributed by atoms with Crippen molar-refractivity contribution in [2.75, 3.05) is 7.11 Å². The van der Waals surface area contributed by atoms with Crippen molar-refractivity contribution >= 4 is 0 Å². The van der Waals surface area contributed by atoms with Crippen LogP contribution < -0.4 is 4.74 Å². The molecule has 2 fully saturated rings. The minimum Gasteiger partial charge on any atom is -0.497 e. The highest BCUT2D eigenvalue weighted by atomic mass is 16.5. The van der Waals surface area contributed by atoms with E-state index in [4.69, 9.17) is 4.74 Å². The van der Waals surface area contributed by atoms with E-state index in [1.165, 1.54) is 17.5 Å². The molecular formula is C22H32O3. The van der Waals surface area contributed by atoms with Gasteiger partial charge in [0.05, 0.1) is 18.8 Å². The molecule has 3 heteroatoms. The molecule has 0 bridgehead atoms. The van der Waals surface area contributed by atoms with E-state index in [2.05, 4.69) is 32.0 Å². The zero-order chi connectivity index (χ0) is 18.0. The summed E-state index contributed by atoms with van der Waals surface area (Å²) in [6.07, 6.45) is 4.41. The summed E-state index contributed by atoms with van der Waals surface area (Å²) in [5.74, 6) is 3.18. The van der Waals surface area contributed by atoms with Crippen LogP contribution in [0.3, 0.4) is 0 Å². The second-order valence-electron chi connectivity index (χ2n) is 9.10. The van der Waals surface area contributed by atoms with Crippen LogP contribution in [-0.2, 0) is 0 Å². The molecule has 0 spiro atoms. The van der Waals surface area contributed by atoms with E-state index in [-0.39, 0.29) is 5.41 Å². The molecule has 0 saturated heterocycles. The number of hydrogen-bond acceptors (Lipinski definition) is 3. The lowest BCUT2D eigenvalue weighted by atomic mass is 9.51. The molecule has 3 aliphatic rings. The second kappa shape index (κ2) is 5.72. The number of methoxy groups -OCH3 is 1. The summed E-state index contributed by atoms with van der Waals surface area (Å²) < 4.78 is 5.44. The number of aliphatic hydroxyl groups is 2. The zero-order valence-corrected chi connectivity index (χ0v) is 16.0. The Balaban J connectivity index is 1.72. The molecule has 1 unspecified atom stereocenters. The molecule has 3 nitrogen and oxygen atoms in total. The lowest BCUT2D eigenvalue weighted by Gasteiger charge is -2.54. The first kappa shape index (κ1) is 17.4. The van der Waals surface area contributed by atoms with Crippen molar-refractivity contribution in [1.29, 1.82) is 0 Å². The van der Waals surface area contributed by atoms with Crippen LogP contribution in [0, 0.1) is 17.3 Å². The van der Waals surface area contributed by atoms with Gasteiger partial charge in [-0.25, -0.2) is 0 Å². The first-order valence-corrected chi connectivity index (χ1v) is 9.90. The van der Waals surface area contributed by atoms with Crippen molar-refractivity contribution in [3.63, 3.8) is 0 Å². The van der Waals surface area contributed by atoms with E-state index in [0.717, 1.165) is 31.4 Å². The average molecular weight is 344 g/mol. The maximum absolute atomic E-state index is 11.3. The standard InChI is InChI=1S/C22H32O3/c1-13-11-19-17(16-6-5-15(25-4)12-18(13)16)7-9-21(3)20(19)8-10-22(21,24)14(2)23/h5-6,12-14,17,19-20,23-24H,7-11H2,1-4H3/t13-,14?,17+,19+,20-,21-,22-/m0/s1. The summed E-state index contributed by atoms with van der Waals surface area (Å²) in [5, 5.41) is 21.6. The predicted octanol–water partition coefficient (Wildman–Crippen LogP) is 4.22. The third-order valence-corrected chi connectivity index (χ3v) is 8.19. The molecule has 0 aliphatic heterocycles. The summed E-state index contributed by atoms with van der Waals surface area (Å²) in [6.45, 7) is 6.34. The van der Waals surface area contributed by atoms with Crippen LogP contribution in [0.4, 0.5) is 0 Å². The van der Waals surface area contributed by atoms with Gasteiger partial charge in [0.15, 0.2) is 0 Å². The largest absolute Gasteiger partial charge is 0.497 e. The van der Waals surface area contributed by atoms with Gasteiger partial charge in [-0.1, -0.05) is 19.9 Å². The Morgan fingerprint density at radius 3 is 2.64 bits per heavy atom. The van der Waals surface area contributed by atoms with Crippen molar-refractivity contribution in [3.05, 3.63) is 29.3 Å². The summed E-state index contributed by atoms with van der Waals surface area (Å²) in [5.41, 5.74) is 1.87. The van der Waals surface area contributed by atoms with Gasteiger partial charge in [0.2, 0.25) is 0 Å². The Morgan fingerprint density at radius 2 is 1.96 bits per heavy atom. The van der Waals surface area contributed by atoms with Crippen LogP contribution in [0.2, 0.25) is 0 Å². The fraction of sp³-hybridized carbons (Fsp3) is 0.727. The highest BCUT2D eigenvalue weighted by Gasteiger charge is 2.63. The molecule has 0 heterocycles. The minimum atomic E-state index is -0.925. The summed E-state index contributed by atoms with van der Waals surface area (Å²) in [7, 11) is 1.74. The molecule has 0 aromatic heterocycles. The lowest BCUT2D eigenvalue weighted by Crippen LogP contribution is -2.56. The van der Waals surface area contributed by atoms with E-state index < -0.39 is 11.7 Å². The van der Waals surface area contributed by atoms with E-state index in [9.17, 15) is 10.2 Å². The second-order valence-corrected chi connectivity index (χ2v) is 9.10. The zero-order valence-electron chi connectivity index (χ0n) is 16.0. The minimum absolute atomic E-state index is 0.161. The van der Waals surface area contributed by atoms with Crippen molar-refractivity contribution in [2.45, 2.75) is 76.4 Å². The maximum atomic E-state index is 11.3. The third kappa shape index (κ3) is 2.24. The van der Waals surface area contributed by atoms with E-state index in [1.807, 2.05) is 0 Å². The highest BCUT2D eigenvalue weighted by molar-refractivity contribution is 5.43. The normalized spacial score (nSPS) is 43.8. The number of fused-ring (bicyclic) bond motifs is 5. The summed E-state index contributed by atoms with van der Waals surface area (Å²) in [4.78, 5) is 0. The number of ether oxygens (including phenoxy) is 1. The van der Waals surface area contributed by atoms with Crippen LogP contribution in [0.15, 0.2) is 18.2 Å². The molecular weight excluding hydrogens is 312 g/mol. The van der Waals surface area contributed by atoms with Crippen LogP contribution in [-0.4, -0.2) is 29.0 Å². The number of aliphatic hydroxyl groups excluding tert-OH is 1. The molecule has 7 atom stereocenters. The van der Waals surface area contributed by atoms with Gasteiger partial charge < -0.3 is 14.9 Å². The monoisotopic (exact) mass is 344 g/mol. The van der Waals surface area contributed by atoms with Crippen molar-refractivity contribution in [3.8, 4) is 5.75 Å². The molecule has 1 aromatic rings. The molecule has 0 radical (unpaired) electrons. The van der Waals surface area contributed by atoms with Crippen molar-refractivity contribution < 1.29 is 14.9 Å². The van der Waals surface area contributed by atoms with Gasteiger partial charge in [0.25, 0.3) is 0 Å². The van der Waals surface area contributed by atoms with Gasteiger partial charge in [-0.3, -0.25) is 0 Å². The van der Waals surface area contributed by atoms with Gasteiger partial charge in [0, 0.05) is 5.41 Å². The molecule has 3 aliphatic carbocycles. The fourth-order valence-corrected chi connectivity index (χ4v) is 6.72. The summed E-state index contributed by atoms with van der Waals surface area (Å²) >= 11 is 0. The van der Waals surface area contributed by atoms with E-state index in [1.54, 1.807) is 14.0 Å². The average Bonchev–Trinajstić information content (AvgIpc) is 2.88. The molecule has 1 aromatic carbocycles. The lowest BCUT2D eigenvalue weighted by molar-refractivity contribution is -0.159. The van der Waals surface area contributed by atoms with Gasteiger partial charge in [0.1, 0.15) is 5.75 Å². The van der Waals surface area contributed by atoms with Crippen molar-refractivity contribution in [1.82, 2.24) is 0 Å². The first-order chi connectivity index (χ1) is 11.8. The van der Waals surface area contributed by atoms with Gasteiger partial charge in [-0.2, -0.15) is 0 Å². The van der Waals surface area contributed by atoms with Crippen LogP contribution in [0.1, 0.15) is 75.8 Å². The molecule has 138 valence electrons. The molecule has 25 heavy (non-hydrogen) atoms. The molecule has 4 rings (SSSR count). The molecule has 2 N–H and O–H groups in total. The predicted molar refractivity (Wildman–Crippen MR) is 99.0 cm³/mol. The first-order valence-electron chi connectivity index (χ1n) is 9.90. The van der Waals surface area contributed by atoms with Gasteiger partial charge >= 0.3 is 0 Å². The molecule has 2 saturated carbocycles.